The molecule has 14 rings (SSSR count). The lowest BCUT2D eigenvalue weighted by Gasteiger charge is -2.40. The average Bonchev–Trinajstić information content (AvgIpc) is 0.865. The fourth-order valence-corrected chi connectivity index (χ4v) is 13.8. The van der Waals surface area contributed by atoms with E-state index in [0.29, 0.717) is 51.4 Å². The molecule has 2 fully saturated rings. The Balaban J connectivity index is 0.991. The van der Waals surface area contributed by atoms with Gasteiger partial charge in [-0.05, 0) is 133 Å². The molecule has 4 aliphatic rings. The molecule has 8 aromatic carbocycles. The van der Waals surface area contributed by atoms with E-state index in [9.17, 15) is 52.7 Å². The van der Waals surface area contributed by atoms with Gasteiger partial charge in [0.25, 0.3) is 23.6 Å². The Bertz CT molecular complexity index is 4140. The average molecular weight is 1190 g/mol. The Morgan fingerprint density at radius 1 is 0.314 bits per heavy atom. The molecule has 4 amide bonds. The predicted molar refractivity (Wildman–Crippen MR) is 298 cm³/mol. The number of rotatable bonds is 6. The minimum absolute atomic E-state index is 0.0111. The van der Waals surface area contributed by atoms with Crippen LogP contribution < -0.4 is 0 Å². The minimum atomic E-state index is -4.81. The van der Waals surface area contributed by atoms with E-state index in [0.717, 1.165) is 61.4 Å². The summed E-state index contributed by atoms with van der Waals surface area (Å²) < 4.78 is 174. The maximum absolute atomic E-state index is 15.5. The SMILES string of the molecule is O=C1c2cc(-c3ccc(-n4c5cc(C(F)(F)F)ccc5c5ccc(C(F)(F)F)cc54)cc3)c3c4c(cc(-c5ccc(-n6c7cc(C(F)(F)F)ccc7c7ccc(C(F)(F)F)cc76)cc5)c(c24)C(=O)N1C1CCCCC1)C(=O)N(C1CCCCC1)C3=O. The van der Waals surface area contributed by atoms with Crippen LogP contribution in [0.4, 0.5) is 52.7 Å². The van der Waals surface area contributed by atoms with E-state index in [1.807, 2.05) is 0 Å². The second-order valence-electron chi connectivity index (χ2n) is 22.7. The monoisotopic (exact) mass is 1180 g/mol. The van der Waals surface area contributed by atoms with E-state index in [4.69, 9.17) is 0 Å². The van der Waals surface area contributed by atoms with Crippen LogP contribution in [0.25, 0.3) is 88.0 Å². The van der Waals surface area contributed by atoms with Crippen LogP contribution in [-0.4, -0.2) is 54.6 Å². The summed E-state index contributed by atoms with van der Waals surface area (Å²) in [6, 6.07) is 25.4. The first-order valence-electron chi connectivity index (χ1n) is 28.0. The number of carbonyl (C=O) groups excluding carboxylic acids is 4. The first-order valence-corrected chi connectivity index (χ1v) is 28.0. The summed E-state index contributed by atoms with van der Waals surface area (Å²) in [6.07, 6.45) is -13.0. The molecule has 0 spiro atoms. The molecule has 10 aromatic rings. The molecule has 0 bridgehead atoms. The Morgan fingerprint density at radius 2 is 0.593 bits per heavy atom. The summed E-state index contributed by atoms with van der Waals surface area (Å²) in [7, 11) is 0. The van der Waals surface area contributed by atoms with Gasteiger partial charge < -0.3 is 9.13 Å². The molecule has 0 radical (unpaired) electrons. The van der Waals surface area contributed by atoms with Crippen molar-refractivity contribution in [2.45, 2.75) is 101 Å². The van der Waals surface area contributed by atoms with E-state index >= 15 is 19.2 Å². The van der Waals surface area contributed by atoms with Gasteiger partial charge in [0.2, 0.25) is 0 Å². The molecule has 0 saturated heterocycles. The Kier molecular flexibility index (Phi) is 12.3. The minimum Gasteiger partial charge on any atom is -0.309 e. The van der Waals surface area contributed by atoms with Crippen molar-refractivity contribution in [3.8, 4) is 33.6 Å². The zero-order chi connectivity index (χ0) is 60.3. The van der Waals surface area contributed by atoms with Gasteiger partial charge >= 0.3 is 24.7 Å². The maximum Gasteiger partial charge on any atom is 0.416 e. The van der Waals surface area contributed by atoms with E-state index in [-0.39, 0.29) is 110 Å². The summed E-state index contributed by atoms with van der Waals surface area (Å²) in [6.45, 7) is 0. The van der Waals surface area contributed by atoms with Crippen molar-refractivity contribution in [1.82, 2.24) is 18.9 Å². The van der Waals surface area contributed by atoms with Gasteiger partial charge in [-0.1, -0.05) is 87.1 Å². The van der Waals surface area contributed by atoms with E-state index in [1.165, 1.54) is 104 Å². The number of nitrogens with zero attached hydrogens (tertiary/aromatic N) is 4. The van der Waals surface area contributed by atoms with Crippen LogP contribution in [0.15, 0.2) is 133 Å². The highest BCUT2D eigenvalue weighted by Gasteiger charge is 2.47. The summed E-state index contributed by atoms with van der Waals surface area (Å²) in [4.78, 5) is 64.2. The second-order valence-corrected chi connectivity index (χ2v) is 22.7. The van der Waals surface area contributed by atoms with Crippen molar-refractivity contribution in [3.05, 3.63) is 178 Å². The van der Waals surface area contributed by atoms with Gasteiger partial charge in [0.05, 0.1) is 55.4 Å². The van der Waals surface area contributed by atoms with Gasteiger partial charge in [-0.2, -0.15) is 52.7 Å². The first kappa shape index (κ1) is 55.0. The molecule has 20 heteroatoms. The van der Waals surface area contributed by atoms with E-state index < -0.39 is 82.7 Å². The second kappa shape index (κ2) is 19.3. The molecule has 4 heterocycles. The normalized spacial score (nSPS) is 16.8. The van der Waals surface area contributed by atoms with Gasteiger partial charge in [-0.15, -0.1) is 0 Å². The number of hydrogen-bond donors (Lipinski definition) is 0. The van der Waals surface area contributed by atoms with Crippen LogP contribution in [0.1, 0.15) is 128 Å². The summed E-state index contributed by atoms with van der Waals surface area (Å²) in [5.74, 6) is -2.84. The van der Waals surface area contributed by atoms with Crippen molar-refractivity contribution in [1.29, 1.82) is 0 Å². The third-order valence-electron chi connectivity index (χ3n) is 17.8. The van der Waals surface area contributed by atoms with Gasteiger partial charge in [-0.25, -0.2) is 0 Å². The molecule has 2 saturated carbocycles. The molecule has 0 unspecified atom stereocenters. The molecule has 436 valence electrons. The van der Waals surface area contributed by atoms with Gasteiger partial charge in [0, 0.05) is 66.9 Å². The van der Waals surface area contributed by atoms with E-state index in [2.05, 4.69) is 0 Å². The van der Waals surface area contributed by atoms with Gasteiger partial charge in [0.15, 0.2) is 0 Å². The molecule has 2 aliphatic carbocycles. The molecule has 86 heavy (non-hydrogen) atoms. The predicted octanol–water partition coefficient (Wildman–Crippen LogP) is 18.3. The number of aromatic nitrogens is 2. The first-order chi connectivity index (χ1) is 40.9. The van der Waals surface area contributed by atoms with Crippen LogP contribution in [0.5, 0.6) is 0 Å². The maximum atomic E-state index is 15.5. The number of imide groups is 2. The van der Waals surface area contributed by atoms with Gasteiger partial charge in [-0.3, -0.25) is 29.0 Å². The third kappa shape index (κ3) is 8.58. The van der Waals surface area contributed by atoms with E-state index in [1.54, 1.807) is 0 Å². The molecule has 8 nitrogen and oxygen atoms in total. The number of halogens is 12. The van der Waals surface area contributed by atoms with Crippen LogP contribution in [0.2, 0.25) is 0 Å². The number of carbonyl (C=O) groups is 4. The van der Waals surface area contributed by atoms with Crippen LogP contribution in [-0.2, 0) is 24.7 Å². The zero-order valence-electron chi connectivity index (χ0n) is 44.9. The van der Waals surface area contributed by atoms with Crippen LogP contribution >= 0.6 is 0 Å². The molecular formula is C66H44F12N4O4. The molecule has 0 atom stereocenters. The summed E-state index contributed by atoms with van der Waals surface area (Å²) in [5, 5.41) is 0.986. The number of benzene rings is 8. The summed E-state index contributed by atoms with van der Waals surface area (Å²) >= 11 is 0. The van der Waals surface area contributed by atoms with Crippen molar-refractivity contribution in [2.75, 3.05) is 0 Å². The Morgan fingerprint density at radius 3 is 0.860 bits per heavy atom. The molecule has 2 aromatic heterocycles. The van der Waals surface area contributed by atoms with Crippen molar-refractivity contribution in [3.63, 3.8) is 0 Å². The number of amides is 4. The highest BCUT2D eigenvalue weighted by atomic mass is 19.4. The van der Waals surface area contributed by atoms with Crippen LogP contribution in [0, 0.1) is 0 Å². The lowest BCUT2D eigenvalue weighted by atomic mass is 9.77. The van der Waals surface area contributed by atoms with Crippen LogP contribution in [0.3, 0.4) is 0 Å². The van der Waals surface area contributed by atoms with Gasteiger partial charge in [0.1, 0.15) is 0 Å². The standard InChI is InChI=1S/C66H44F12N4O4/c67-63(68,69)35-15-23-43-44-24-16-36(64(70,71)72)28-52(44)79(51(43)27-35)41-19-11-33(12-20-41)47-32-50-56-55-49(59(83)81(61(85)57(47)55)39-7-3-1-4-8-39)31-48(58(56)62(86)82(60(50)84)40-9-5-2-6-10-40)34-13-21-42(22-14-34)80-53-29-37(65(73,74)75)17-25-45(53)46-26-18-38(30-54(46)80)66(76,77)78/h11-32,39-40H,1-10H2. The van der Waals surface area contributed by atoms with Crippen molar-refractivity contribution in [2.24, 2.45) is 0 Å². The Labute approximate surface area is 479 Å². The molecule has 2 aliphatic heterocycles. The number of fused-ring (bicyclic) bond motifs is 6. The fraction of sp³-hybridized carbons (Fsp3) is 0.242. The topological polar surface area (TPSA) is 84.6 Å². The fourth-order valence-electron chi connectivity index (χ4n) is 13.8. The lowest BCUT2D eigenvalue weighted by molar-refractivity contribution is -0.138. The van der Waals surface area contributed by atoms with Crippen molar-refractivity contribution < 1.29 is 71.9 Å². The zero-order valence-corrected chi connectivity index (χ0v) is 44.9. The molecular weight excluding hydrogens is 1140 g/mol. The Hall–Kier alpha value is -8.94. The molecule has 0 N–H and O–H groups in total. The largest absolute Gasteiger partial charge is 0.416 e. The third-order valence-corrected chi connectivity index (χ3v) is 17.8. The quantitative estimate of drug-likeness (QED) is 0.123. The number of alkyl halides is 12. The summed E-state index contributed by atoms with van der Waals surface area (Å²) in [5.41, 5.74) is -3.35. The highest BCUT2D eigenvalue weighted by Crippen LogP contribution is 2.50. The highest BCUT2D eigenvalue weighted by molar-refractivity contribution is 6.36. The number of hydrogen-bond acceptors (Lipinski definition) is 4. The smallest absolute Gasteiger partial charge is 0.309 e. The van der Waals surface area contributed by atoms with Crippen molar-refractivity contribution >= 4 is 78.0 Å². The lowest BCUT2D eigenvalue weighted by Crippen LogP contribution is -2.50.